The van der Waals surface area contributed by atoms with Crippen LogP contribution in [0.3, 0.4) is 0 Å². The Hall–Kier alpha value is -7.53. The largest absolute Gasteiger partial charge is 0.208 e. The van der Waals surface area contributed by atoms with Crippen LogP contribution in [-0.2, 0) is 0 Å². The molecular formula is C55H35N3S. The molecule has 3 nitrogen and oxygen atoms in total. The summed E-state index contributed by atoms with van der Waals surface area (Å²) in [6, 6.07) is 75.2. The summed E-state index contributed by atoms with van der Waals surface area (Å²) >= 11 is 1.79. The smallest absolute Gasteiger partial charge is 0.165 e. The molecule has 0 aliphatic rings. The molecule has 0 aliphatic carbocycles. The minimum absolute atomic E-state index is 0.626. The van der Waals surface area contributed by atoms with Crippen molar-refractivity contribution in [3.63, 3.8) is 0 Å². The first kappa shape index (κ1) is 34.7. The normalized spacial score (nSPS) is 11.4. The van der Waals surface area contributed by atoms with Gasteiger partial charge in [0, 0.05) is 36.9 Å². The second-order valence-electron chi connectivity index (χ2n) is 14.8. The fraction of sp³-hybridized carbons (Fsp3) is 0. The summed E-state index contributed by atoms with van der Waals surface area (Å²) in [5, 5.41) is 4.66. The van der Waals surface area contributed by atoms with E-state index < -0.39 is 0 Å². The van der Waals surface area contributed by atoms with Crippen molar-refractivity contribution in [1.29, 1.82) is 0 Å². The van der Waals surface area contributed by atoms with E-state index in [1.807, 2.05) is 0 Å². The van der Waals surface area contributed by atoms with Gasteiger partial charge in [0.2, 0.25) is 0 Å². The maximum Gasteiger partial charge on any atom is 0.165 e. The molecule has 0 bridgehead atoms. The summed E-state index contributed by atoms with van der Waals surface area (Å²) in [7, 11) is 0. The lowest BCUT2D eigenvalue weighted by atomic mass is 9.92. The van der Waals surface area contributed by atoms with E-state index in [1.54, 1.807) is 11.3 Å². The Labute approximate surface area is 346 Å². The Morgan fingerprint density at radius 3 is 1.51 bits per heavy atom. The lowest BCUT2D eigenvalue weighted by Gasteiger charge is -2.16. The van der Waals surface area contributed by atoms with E-state index >= 15 is 0 Å². The van der Waals surface area contributed by atoms with Gasteiger partial charge in [-0.2, -0.15) is 0 Å². The van der Waals surface area contributed by atoms with Crippen molar-refractivity contribution in [3.8, 4) is 78.7 Å². The molecule has 2 heterocycles. The summed E-state index contributed by atoms with van der Waals surface area (Å²) in [6.45, 7) is 0. The molecule has 0 saturated carbocycles. The van der Waals surface area contributed by atoms with Gasteiger partial charge in [-0.3, -0.25) is 0 Å². The minimum Gasteiger partial charge on any atom is -0.208 e. The van der Waals surface area contributed by atoms with Crippen LogP contribution in [0.2, 0.25) is 0 Å². The van der Waals surface area contributed by atoms with Crippen LogP contribution in [0.1, 0.15) is 0 Å². The summed E-state index contributed by atoms with van der Waals surface area (Å²) in [4.78, 5) is 16.2. The van der Waals surface area contributed by atoms with Gasteiger partial charge < -0.3 is 0 Å². The summed E-state index contributed by atoms with van der Waals surface area (Å²) in [5.74, 6) is 1.91. The zero-order valence-corrected chi connectivity index (χ0v) is 32.8. The van der Waals surface area contributed by atoms with Crippen LogP contribution in [0, 0.1) is 0 Å². The van der Waals surface area contributed by atoms with E-state index in [4.69, 9.17) is 15.0 Å². The molecule has 59 heavy (non-hydrogen) atoms. The molecule has 0 amide bonds. The third-order valence-electron chi connectivity index (χ3n) is 11.1. The van der Waals surface area contributed by atoms with Gasteiger partial charge >= 0.3 is 0 Å². The SMILES string of the molecule is c1ccc(-c2cccc(-c3cccc(-c4nc(-c5c(-c6cccc(-c7ccccc7)c6)ccc6ccccc56)nc(-c5cccc6c5sc5ccccc56)n4)c3)c2)cc1. The molecule has 11 rings (SSSR count). The van der Waals surface area contributed by atoms with E-state index in [2.05, 4.69) is 212 Å². The van der Waals surface area contributed by atoms with Crippen molar-refractivity contribution in [2.75, 3.05) is 0 Å². The molecule has 4 heteroatoms. The Balaban J connectivity index is 1.14. The molecule has 2 aromatic heterocycles. The third kappa shape index (κ3) is 6.46. The van der Waals surface area contributed by atoms with Crippen LogP contribution in [0.4, 0.5) is 0 Å². The topological polar surface area (TPSA) is 38.7 Å². The highest BCUT2D eigenvalue weighted by Crippen LogP contribution is 2.42. The first-order valence-corrected chi connectivity index (χ1v) is 20.7. The Kier molecular flexibility index (Phi) is 8.68. The average Bonchev–Trinajstić information content (AvgIpc) is 3.71. The second kappa shape index (κ2) is 14.8. The molecule has 11 aromatic rings. The predicted octanol–water partition coefficient (Wildman–Crippen LogP) is 15.1. The highest BCUT2D eigenvalue weighted by Gasteiger charge is 2.21. The van der Waals surface area contributed by atoms with Crippen molar-refractivity contribution < 1.29 is 0 Å². The van der Waals surface area contributed by atoms with E-state index in [0.717, 1.165) is 60.0 Å². The Morgan fingerprint density at radius 2 is 0.780 bits per heavy atom. The number of hydrogen-bond acceptors (Lipinski definition) is 4. The van der Waals surface area contributed by atoms with Gasteiger partial charge in [-0.05, 0) is 85.6 Å². The Bertz CT molecular complexity index is 3330. The average molecular weight is 770 g/mol. The fourth-order valence-corrected chi connectivity index (χ4v) is 9.47. The molecule has 276 valence electrons. The van der Waals surface area contributed by atoms with Gasteiger partial charge in [0.05, 0.1) is 0 Å². The maximum atomic E-state index is 5.45. The van der Waals surface area contributed by atoms with E-state index in [9.17, 15) is 0 Å². The van der Waals surface area contributed by atoms with Gasteiger partial charge in [0.1, 0.15) is 0 Å². The van der Waals surface area contributed by atoms with Crippen LogP contribution in [-0.4, -0.2) is 15.0 Å². The number of rotatable bonds is 7. The van der Waals surface area contributed by atoms with Crippen molar-refractivity contribution in [1.82, 2.24) is 15.0 Å². The fourth-order valence-electron chi connectivity index (χ4n) is 8.26. The quantitative estimate of drug-likeness (QED) is 0.162. The van der Waals surface area contributed by atoms with Crippen LogP contribution in [0.15, 0.2) is 212 Å². The zero-order chi connectivity index (χ0) is 39.1. The highest BCUT2D eigenvalue weighted by atomic mass is 32.1. The molecule has 0 atom stereocenters. The molecule has 0 saturated heterocycles. The van der Waals surface area contributed by atoms with E-state index in [0.29, 0.717) is 17.5 Å². The van der Waals surface area contributed by atoms with Gasteiger partial charge in [-0.1, -0.05) is 182 Å². The predicted molar refractivity (Wildman–Crippen MR) is 248 cm³/mol. The van der Waals surface area contributed by atoms with Gasteiger partial charge in [-0.25, -0.2) is 15.0 Å². The first-order valence-electron chi connectivity index (χ1n) is 19.8. The lowest BCUT2D eigenvalue weighted by Crippen LogP contribution is -2.02. The van der Waals surface area contributed by atoms with E-state index in [1.165, 1.54) is 32.2 Å². The number of hydrogen-bond donors (Lipinski definition) is 0. The van der Waals surface area contributed by atoms with Crippen LogP contribution < -0.4 is 0 Å². The zero-order valence-electron chi connectivity index (χ0n) is 32.0. The van der Waals surface area contributed by atoms with Gasteiger partial charge in [0.25, 0.3) is 0 Å². The van der Waals surface area contributed by atoms with Crippen LogP contribution in [0.25, 0.3) is 110 Å². The van der Waals surface area contributed by atoms with Gasteiger partial charge in [-0.15, -0.1) is 11.3 Å². The van der Waals surface area contributed by atoms with Crippen LogP contribution in [0.5, 0.6) is 0 Å². The van der Waals surface area contributed by atoms with Crippen LogP contribution >= 0.6 is 11.3 Å². The minimum atomic E-state index is 0.626. The first-order chi connectivity index (χ1) is 29.2. The van der Waals surface area contributed by atoms with Crippen molar-refractivity contribution in [2.45, 2.75) is 0 Å². The molecule has 0 radical (unpaired) electrons. The standard InChI is InChI=1S/C55H35N3S/c1-3-15-36(16-4-1)39-20-11-22-41(33-39)42-23-13-25-44(35-42)53-56-54(49-29-14-28-48-47-27-9-10-30-50(47)59-52(48)49)58-55(57-53)51-45-26-8-7-19-38(45)31-32-46(51)43-24-12-21-40(34-43)37-17-5-2-6-18-37/h1-35H. The molecule has 0 spiro atoms. The molecule has 0 fully saturated rings. The molecular weight excluding hydrogens is 735 g/mol. The number of fused-ring (bicyclic) bond motifs is 4. The number of nitrogens with zero attached hydrogens (tertiary/aromatic N) is 3. The Morgan fingerprint density at radius 1 is 0.288 bits per heavy atom. The van der Waals surface area contributed by atoms with Gasteiger partial charge in [0.15, 0.2) is 17.5 Å². The second-order valence-corrected chi connectivity index (χ2v) is 15.8. The van der Waals surface area contributed by atoms with Crippen molar-refractivity contribution in [2.24, 2.45) is 0 Å². The molecule has 9 aromatic carbocycles. The monoisotopic (exact) mass is 769 g/mol. The molecule has 0 N–H and O–H groups in total. The molecule has 0 aliphatic heterocycles. The lowest BCUT2D eigenvalue weighted by molar-refractivity contribution is 1.08. The van der Waals surface area contributed by atoms with Crippen molar-refractivity contribution >= 4 is 42.3 Å². The summed E-state index contributed by atoms with van der Waals surface area (Å²) < 4.78 is 2.40. The number of aromatic nitrogens is 3. The molecule has 0 unspecified atom stereocenters. The third-order valence-corrected chi connectivity index (χ3v) is 12.4. The maximum absolute atomic E-state index is 5.45. The number of thiophene rings is 1. The summed E-state index contributed by atoms with van der Waals surface area (Å²) in [6.07, 6.45) is 0. The van der Waals surface area contributed by atoms with E-state index in [-0.39, 0.29) is 0 Å². The summed E-state index contributed by atoms with van der Waals surface area (Å²) in [5.41, 5.74) is 12.0. The van der Waals surface area contributed by atoms with Crippen molar-refractivity contribution in [3.05, 3.63) is 212 Å². The highest BCUT2D eigenvalue weighted by molar-refractivity contribution is 7.26. The number of benzene rings is 9.